The molecule has 6 nitrogen and oxygen atoms in total. The Hall–Kier alpha value is -2.25. The van der Waals surface area contributed by atoms with Crippen LogP contribution in [0.5, 0.6) is 0 Å². The van der Waals surface area contributed by atoms with Crippen LogP contribution in [0.3, 0.4) is 0 Å². The number of morpholine rings is 1. The monoisotopic (exact) mass is 360 g/mol. The van der Waals surface area contributed by atoms with Gasteiger partial charge in [0.1, 0.15) is 5.82 Å². The van der Waals surface area contributed by atoms with Gasteiger partial charge in [0.2, 0.25) is 5.91 Å². The first-order chi connectivity index (χ1) is 12.5. The Labute approximate surface area is 152 Å². The van der Waals surface area contributed by atoms with Crippen LogP contribution >= 0.6 is 0 Å². The average Bonchev–Trinajstić information content (AvgIpc) is 2.90. The lowest BCUT2D eigenvalue weighted by Gasteiger charge is -2.32. The minimum absolute atomic E-state index is 0.0633. The maximum Gasteiger partial charge on any atom is 0.238 e. The van der Waals surface area contributed by atoms with Crippen molar-refractivity contribution in [2.24, 2.45) is 0 Å². The molecule has 1 atom stereocenters. The van der Waals surface area contributed by atoms with Crippen LogP contribution in [0.15, 0.2) is 24.3 Å². The number of carbonyl (C=O) groups excluding carboxylic acids is 1. The molecule has 1 amide bonds. The largest absolute Gasteiger partial charge is 0.371 e. The van der Waals surface area contributed by atoms with Crippen molar-refractivity contribution in [3.63, 3.8) is 0 Å². The summed E-state index contributed by atoms with van der Waals surface area (Å²) in [5.74, 6) is -0.328. The normalized spacial score (nSPS) is 18.1. The number of rotatable bonds is 5. The van der Waals surface area contributed by atoms with Crippen LogP contribution in [-0.2, 0) is 16.1 Å². The van der Waals surface area contributed by atoms with Crippen molar-refractivity contribution in [3.05, 3.63) is 47.0 Å². The molecule has 0 unspecified atom stereocenters. The van der Waals surface area contributed by atoms with E-state index in [0.717, 1.165) is 29.2 Å². The summed E-state index contributed by atoms with van der Waals surface area (Å²) in [6, 6.07) is 6.33. The number of nitrogens with zero attached hydrogens (tertiary/aromatic N) is 3. The Morgan fingerprint density at radius 1 is 1.35 bits per heavy atom. The molecule has 1 fully saturated rings. The molecule has 7 heteroatoms. The first kappa shape index (κ1) is 18.5. The van der Waals surface area contributed by atoms with Gasteiger partial charge in [-0.05, 0) is 38.5 Å². The maximum atomic E-state index is 13.1. The molecule has 140 valence electrons. The molecular formula is C19H25FN4O2. The topological polar surface area (TPSA) is 59.4 Å². The van der Waals surface area contributed by atoms with Gasteiger partial charge in [-0.1, -0.05) is 12.1 Å². The zero-order chi connectivity index (χ0) is 18.7. The van der Waals surface area contributed by atoms with E-state index in [1.807, 2.05) is 25.5 Å². The lowest BCUT2D eigenvalue weighted by molar-refractivity contribution is -0.119. The van der Waals surface area contributed by atoms with Gasteiger partial charge in [0.05, 0.1) is 36.3 Å². The zero-order valence-electron chi connectivity index (χ0n) is 15.5. The third-order valence-corrected chi connectivity index (χ3v) is 4.71. The van der Waals surface area contributed by atoms with Gasteiger partial charge in [-0.3, -0.25) is 14.4 Å². The minimum atomic E-state index is -0.265. The summed E-state index contributed by atoms with van der Waals surface area (Å²) in [4.78, 5) is 14.5. The first-order valence-electron chi connectivity index (χ1n) is 8.91. The van der Waals surface area contributed by atoms with Crippen LogP contribution in [0.1, 0.15) is 30.0 Å². The molecule has 0 radical (unpaired) electrons. The van der Waals surface area contributed by atoms with Crippen LogP contribution < -0.4 is 5.32 Å². The third-order valence-electron chi connectivity index (χ3n) is 4.71. The number of aryl methyl sites for hydroxylation is 2. The summed E-state index contributed by atoms with van der Waals surface area (Å²) in [5.41, 5.74) is 3.50. The number of hydrogen-bond acceptors (Lipinski definition) is 4. The van der Waals surface area contributed by atoms with E-state index < -0.39 is 0 Å². The molecule has 1 aromatic heterocycles. The van der Waals surface area contributed by atoms with Crippen molar-refractivity contribution >= 4 is 11.6 Å². The van der Waals surface area contributed by atoms with Crippen molar-refractivity contribution in [1.29, 1.82) is 0 Å². The summed E-state index contributed by atoms with van der Waals surface area (Å²) < 4.78 is 20.8. The van der Waals surface area contributed by atoms with Crippen molar-refractivity contribution < 1.29 is 13.9 Å². The Kier molecular flexibility index (Phi) is 5.68. The summed E-state index contributed by atoms with van der Waals surface area (Å²) in [6.45, 7) is 8.77. The molecule has 1 aromatic carbocycles. The SMILES string of the molecule is CCn1nc(C)c(NC(=O)CN2CCO[C@@H](c3ccc(F)cc3)C2)c1C. The Morgan fingerprint density at radius 2 is 2.08 bits per heavy atom. The van der Waals surface area contributed by atoms with Gasteiger partial charge in [0, 0.05) is 19.6 Å². The van der Waals surface area contributed by atoms with Gasteiger partial charge in [-0.25, -0.2) is 4.39 Å². The number of benzene rings is 1. The van der Waals surface area contributed by atoms with Gasteiger partial charge in [0.15, 0.2) is 0 Å². The molecule has 2 aromatic rings. The number of hydrogen-bond donors (Lipinski definition) is 1. The van der Waals surface area contributed by atoms with E-state index in [1.54, 1.807) is 12.1 Å². The van der Waals surface area contributed by atoms with E-state index in [0.29, 0.717) is 19.7 Å². The van der Waals surface area contributed by atoms with Crippen LogP contribution in [0, 0.1) is 19.7 Å². The molecule has 0 spiro atoms. The second-order valence-corrected chi connectivity index (χ2v) is 6.56. The fourth-order valence-corrected chi connectivity index (χ4v) is 3.29. The molecule has 0 bridgehead atoms. The molecule has 1 saturated heterocycles. The lowest BCUT2D eigenvalue weighted by atomic mass is 10.1. The number of halogens is 1. The number of aromatic nitrogens is 2. The second-order valence-electron chi connectivity index (χ2n) is 6.56. The fraction of sp³-hybridized carbons (Fsp3) is 0.474. The highest BCUT2D eigenvalue weighted by Crippen LogP contribution is 2.23. The van der Waals surface area contributed by atoms with Gasteiger partial charge < -0.3 is 10.1 Å². The highest BCUT2D eigenvalue weighted by Gasteiger charge is 2.24. The van der Waals surface area contributed by atoms with Crippen LogP contribution in [0.2, 0.25) is 0 Å². The van der Waals surface area contributed by atoms with E-state index in [9.17, 15) is 9.18 Å². The quantitative estimate of drug-likeness (QED) is 0.891. The smallest absolute Gasteiger partial charge is 0.238 e. The molecule has 26 heavy (non-hydrogen) atoms. The van der Waals surface area contributed by atoms with Gasteiger partial charge >= 0.3 is 0 Å². The number of carbonyl (C=O) groups is 1. The predicted octanol–water partition coefficient (Wildman–Crippen LogP) is 2.67. The van der Waals surface area contributed by atoms with E-state index in [2.05, 4.69) is 15.3 Å². The third kappa shape index (κ3) is 4.11. The predicted molar refractivity (Wildman–Crippen MR) is 97.5 cm³/mol. The van der Waals surface area contributed by atoms with Crippen LogP contribution in [0.4, 0.5) is 10.1 Å². The molecule has 1 aliphatic heterocycles. The molecule has 1 N–H and O–H groups in total. The van der Waals surface area contributed by atoms with Crippen molar-refractivity contribution in [2.45, 2.75) is 33.4 Å². The fourth-order valence-electron chi connectivity index (χ4n) is 3.29. The average molecular weight is 360 g/mol. The standard InChI is InChI=1S/C19H25FN4O2/c1-4-24-14(3)19(13(2)22-24)21-18(25)12-23-9-10-26-17(11-23)15-5-7-16(20)8-6-15/h5-8,17H,4,9-12H2,1-3H3,(H,21,25)/t17-/m1/s1. The summed E-state index contributed by atoms with van der Waals surface area (Å²) in [5, 5.41) is 7.41. The summed E-state index contributed by atoms with van der Waals surface area (Å²) >= 11 is 0. The Balaban J connectivity index is 1.60. The van der Waals surface area contributed by atoms with E-state index in [-0.39, 0.29) is 24.4 Å². The number of nitrogens with one attached hydrogen (secondary N) is 1. The number of ether oxygens (including phenoxy) is 1. The van der Waals surface area contributed by atoms with Crippen molar-refractivity contribution in [2.75, 3.05) is 31.6 Å². The van der Waals surface area contributed by atoms with Gasteiger partial charge in [-0.2, -0.15) is 5.10 Å². The highest BCUT2D eigenvalue weighted by molar-refractivity contribution is 5.93. The van der Waals surface area contributed by atoms with E-state index >= 15 is 0 Å². The highest BCUT2D eigenvalue weighted by atomic mass is 19.1. The molecule has 1 aliphatic rings. The van der Waals surface area contributed by atoms with Crippen LogP contribution in [-0.4, -0.2) is 46.8 Å². The van der Waals surface area contributed by atoms with Crippen molar-refractivity contribution in [3.8, 4) is 0 Å². The molecular weight excluding hydrogens is 335 g/mol. The second kappa shape index (κ2) is 7.97. The summed E-state index contributed by atoms with van der Waals surface area (Å²) in [6.07, 6.45) is -0.150. The van der Waals surface area contributed by atoms with E-state index in [1.165, 1.54) is 12.1 Å². The maximum absolute atomic E-state index is 13.1. The molecule has 0 aliphatic carbocycles. The zero-order valence-corrected chi connectivity index (χ0v) is 15.5. The Bertz CT molecular complexity index is 773. The molecule has 3 rings (SSSR count). The molecule has 0 saturated carbocycles. The Morgan fingerprint density at radius 3 is 2.73 bits per heavy atom. The van der Waals surface area contributed by atoms with E-state index in [4.69, 9.17) is 4.74 Å². The minimum Gasteiger partial charge on any atom is -0.371 e. The first-order valence-corrected chi connectivity index (χ1v) is 8.91. The van der Waals surface area contributed by atoms with Crippen LogP contribution in [0.25, 0.3) is 0 Å². The lowest BCUT2D eigenvalue weighted by Crippen LogP contribution is -2.42. The van der Waals surface area contributed by atoms with Gasteiger partial charge in [0.25, 0.3) is 0 Å². The number of anilines is 1. The summed E-state index contributed by atoms with van der Waals surface area (Å²) in [7, 11) is 0. The number of amides is 1. The van der Waals surface area contributed by atoms with Crippen molar-refractivity contribution in [1.82, 2.24) is 14.7 Å². The van der Waals surface area contributed by atoms with Gasteiger partial charge in [-0.15, -0.1) is 0 Å². The molecule has 2 heterocycles.